The fourth-order valence-electron chi connectivity index (χ4n) is 0.729. The smallest absolute Gasteiger partial charge is 0.282 e. The van der Waals surface area contributed by atoms with Crippen molar-refractivity contribution >= 4 is 45.8 Å². The van der Waals surface area contributed by atoms with Gasteiger partial charge in [-0.2, -0.15) is 8.42 Å². The second-order valence-electron chi connectivity index (χ2n) is 2.23. The van der Waals surface area contributed by atoms with Gasteiger partial charge in [-0.3, -0.25) is 4.55 Å². The van der Waals surface area contributed by atoms with Crippen LogP contribution >= 0.6 is 0 Å². The molecule has 1 N–H and O–H groups in total. The first kappa shape index (κ1) is 12.9. The van der Waals surface area contributed by atoms with Crippen molar-refractivity contribution in [1.82, 2.24) is 0 Å². The van der Waals surface area contributed by atoms with Crippen LogP contribution in [0.1, 0.15) is 5.56 Å². The molecule has 0 atom stereocenters. The maximum Gasteiger partial charge on any atom is 0.287 e. The summed E-state index contributed by atoms with van der Waals surface area (Å²) in [6.07, 6.45) is 1.33. The van der Waals surface area contributed by atoms with Gasteiger partial charge in [0.25, 0.3) is 10.1 Å². The molecule has 13 heavy (non-hydrogen) atoms. The molecule has 3 nitrogen and oxygen atoms in total. The summed E-state index contributed by atoms with van der Waals surface area (Å²) in [7, 11) is -4.00. The Labute approximate surface area is 99.5 Å². The third-order valence-electron chi connectivity index (χ3n) is 1.23. The number of hydrogen-bond donors (Lipinski definition) is 1. The topological polar surface area (TPSA) is 54.4 Å². The molecule has 0 aliphatic heterocycles. The molecule has 0 saturated carbocycles. The van der Waals surface area contributed by atoms with Gasteiger partial charge in [0.15, 0.2) is 0 Å². The Bertz CT molecular complexity index is 370. The van der Waals surface area contributed by atoms with E-state index in [0.717, 1.165) is 11.0 Å². The molecule has 0 amide bonds. The van der Waals surface area contributed by atoms with Gasteiger partial charge in [-0.1, -0.05) is 30.3 Å². The zero-order valence-corrected chi connectivity index (χ0v) is 10.0. The van der Waals surface area contributed by atoms with Crippen LogP contribution in [-0.4, -0.2) is 42.5 Å². The minimum Gasteiger partial charge on any atom is -0.282 e. The van der Waals surface area contributed by atoms with E-state index in [9.17, 15) is 8.42 Å². The van der Waals surface area contributed by atoms with Crippen LogP contribution in [0, 0.1) is 0 Å². The molecule has 0 saturated heterocycles. The van der Waals surface area contributed by atoms with Crippen LogP contribution in [0.3, 0.4) is 0 Å². The molecule has 0 spiro atoms. The molecule has 65 valence electrons. The van der Waals surface area contributed by atoms with Crippen LogP contribution in [0.2, 0.25) is 0 Å². The van der Waals surface area contributed by atoms with Gasteiger partial charge in [-0.05, 0) is 11.6 Å². The molecule has 0 unspecified atom stereocenters. The first-order valence-electron chi connectivity index (χ1n) is 3.28. The standard InChI is InChI=1S/C8H8O3S.Na/c9-12(10,11)7-6-8-4-2-1-3-5-8;/h1-7H,(H,9,10,11);. The molecule has 0 aromatic heterocycles. The van der Waals surface area contributed by atoms with Gasteiger partial charge in [-0.25, -0.2) is 0 Å². The Kier molecular flexibility index (Phi) is 5.51. The van der Waals surface area contributed by atoms with Crippen molar-refractivity contribution in [1.29, 1.82) is 0 Å². The minimum atomic E-state index is -4.00. The SMILES string of the molecule is O=S(=O)(O)C=Cc1ccccc1.[Na]. The van der Waals surface area contributed by atoms with Gasteiger partial charge < -0.3 is 0 Å². The van der Waals surface area contributed by atoms with Gasteiger partial charge in [0, 0.05) is 29.6 Å². The number of rotatable bonds is 2. The van der Waals surface area contributed by atoms with E-state index in [-0.39, 0.29) is 29.6 Å². The molecule has 0 heterocycles. The van der Waals surface area contributed by atoms with Gasteiger partial charge in [0.2, 0.25) is 0 Å². The third kappa shape index (κ3) is 6.01. The molecule has 5 heteroatoms. The largest absolute Gasteiger partial charge is 0.287 e. The second kappa shape index (κ2) is 5.57. The van der Waals surface area contributed by atoms with Crippen molar-refractivity contribution in [3.8, 4) is 0 Å². The van der Waals surface area contributed by atoms with E-state index in [2.05, 4.69) is 0 Å². The van der Waals surface area contributed by atoms with Gasteiger partial charge in [0.1, 0.15) is 0 Å². The normalized spacial score (nSPS) is 11.2. The molecular weight excluding hydrogens is 199 g/mol. The van der Waals surface area contributed by atoms with Crippen molar-refractivity contribution in [2.75, 3.05) is 0 Å². The zero-order valence-electron chi connectivity index (χ0n) is 7.21. The number of hydrogen-bond acceptors (Lipinski definition) is 2. The summed E-state index contributed by atoms with van der Waals surface area (Å²) in [4.78, 5) is 0. The fourth-order valence-corrected chi connectivity index (χ4v) is 1.06. The van der Waals surface area contributed by atoms with E-state index in [1.54, 1.807) is 24.3 Å². The Balaban J connectivity index is 0.00000144. The maximum absolute atomic E-state index is 10.3. The van der Waals surface area contributed by atoms with Crippen LogP contribution in [0.4, 0.5) is 0 Å². The van der Waals surface area contributed by atoms with Crippen LogP contribution in [-0.2, 0) is 10.1 Å². The van der Waals surface area contributed by atoms with Crippen molar-refractivity contribution in [3.63, 3.8) is 0 Å². The summed E-state index contributed by atoms with van der Waals surface area (Å²) in [5.74, 6) is 0. The Morgan fingerprint density at radius 3 is 2.15 bits per heavy atom. The molecule has 1 radical (unpaired) electrons. The molecule has 1 rings (SSSR count). The first-order chi connectivity index (χ1) is 5.58. The van der Waals surface area contributed by atoms with E-state index in [0.29, 0.717) is 0 Å². The second-order valence-corrected chi connectivity index (χ2v) is 3.53. The summed E-state index contributed by atoms with van der Waals surface area (Å²) in [5.41, 5.74) is 0.732. The van der Waals surface area contributed by atoms with E-state index >= 15 is 0 Å². The molecule has 1 aromatic carbocycles. The average molecular weight is 207 g/mol. The third-order valence-corrected chi connectivity index (χ3v) is 1.71. The summed E-state index contributed by atoms with van der Waals surface area (Å²) >= 11 is 0. The van der Waals surface area contributed by atoms with Crippen molar-refractivity contribution < 1.29 is 13.0 Å². The number of benzene rings is 1. The van der Waals surface area contributed by atoms with Gasteiger partial charge in [-0.15, -0.1) is 0 Å². The van der Waals surface area contributed by atoms with Gasteiger partial charge >= 0.3 is 0 Å². The Morgan fingerprint density at radius 2 is 1.69 bits per heavy atom. The summed E-state index contributed by atoms with van der Waals surface area (Å²) in [5, 5.41) is 0.752. The zero-order chi connectivity index (χ0) is 9.03. The fraction of sp³-hybridized carbons (Fsp3) is 0. The van der Waals surface area contributed by atoms with Crippen molar-refractivity contribution in [3.05, 3.63) is 41.3 Å². The van der Waals surface area contributed by atoms with E-state index in [4.69, 9.17) is 4.55 Å². The quantitative estimate of drug-likeness (QED) is 0.585. The van der Waals surface area contributed by atoms with Gasteiger partial charge in [0.05, 0.1) is 5.41 Å². The van der Waals surface area contributed by atoms with Crippen LogP contribution in [0.25, 0.3) is 6.08 Å². The first-order valence-corrected chi connectivity index (χ1v) is 4.79. The monoisotopic (exact) mass is 207 g/mol. The predicted octanol–water partition coefficient (Wildman–Crippen LogP) is 1.16. The average Bonchev–Trinajstić information content (AvgIpc) is 2.02. The molecule has 0 bridgehead atoms. The Hall–Kier alpha value is -0.130. The summed E-state index contributed by atoms with van der Waals surface area (Å²) < 4.78 is 28.9. The Morgan fingerprint density at radius 1 is 1.15 bits per heavy atom. The molecule has 0 aliphatic carbocycles. The summed E-state index contributed by atoms with van der Waals surface area (Å²) in [6.45, 7) is 0. The minimum absolute atomic E-state index is 0. The molecule has 0 aliphatic rings. The maximum atomic E-state index is 10.3. The molecular formula is C8H8NaO3S. The molecule has 1 aromatic rings. The van der Waals surface area contributed by atoms with Crippen LogP contribution in [0.5, 0.6) is 0 Å². The predicted molar refractivity (Wildman–Crippen MR) is 52.8 cm³/mol. The van der Waals surface area contributed by atoms with E-state index in [1.165, 1.54) is 6.08 Å². The van der Waals surface area contributed by atoms with E-state index in [1.807, 2.05) is 6.07 Å². The van der Waals surface area contributed by atoms with Crippen molar-refractivity contribution in [2.45, 2.75) is 0 Å². The van der Waals surface area contributed by atoms with E-state index < -0.39 is 10.1 Å². The summed E-state index contributed by atoms with van der Waals surface area (Å²) in [6, 6.07) is 8.86. The molecule has 0 fully saturated rings. The van der Waals surface area contributed by atoms with Crippen LogP contribution < -0.4 is 0 Å². The van der Waals surface area contributed by atoms with Crippen molar-refractivity contribution in [2.24, 2.45) is 0 Å². The van der Waals surface area contributed by atoms with Crippen LogP contribution in [0.15, 0.2) is 35.7 Å².